The summed E-state index contributed by atoms with van der Waals surface area (Å²) in [4.78, 5) is 74.6. The number of aliphatic hydroxyl groups is 1. The lowest BCUT2D eigenvalue weighted by Gasteiger charge is -2.48. The lowest BCUT2D eigenvalue weighted by Crippen LogP contribution is -2.64. The van der Waals surface area contributed by atoms with Crippen LogP contribution in [0.1, 0.15) is 73.2 Å². The minimum atomic E-state index is -2.74. The summed E-state index contributed by atoms with van der Waals surface area (Å²) in [6.45, 7) is 3.26. The van der Waals surface area contributed by atoms with Crippen molar-refractivity contribution in [3.63, 3.8) is 0 Å². The van der Waals surface area contributed by atoms with Crippen molar-refractivity contribution in [2.45, 2.75) is 68.4 Å². The third-order valence-electron chi connectivity index (χ3n) is 9.34. The number of carbonyl (C=O) groups is 6. The summed E-state index contributed by atoms with van der Waals surface area (Å²) in [7, 11) is 1.82. The first-order valence-corrected chi connectivity index (χ1v) is 17.2. The van der Waals surface area contributed by atoms with Gasteiger partial charge in [-0.3, -0.25) is 24.0 Å². The van der Waals surface area contributed by atoms with E-state index in [1.165, 1.54) is 0 Å². The van der Waals surface area contributed by atoms with Gasteiger partial charge in [-0.1, -0.05) is 47.5 Å². The molecule has 2 aliphatic heterocycles. The van der Waals surface area contributed by atoms with Crippen molar-refractivity contribution in [3.8, 4) is 0 Å². The van der Waals surface area contributed by atoms with E-state index in [1.54, 1.807) is 15.9 Å². The van der Waals surface area contributed by atoms with Crippen molar-refractivity contribution < 1.29 is 49.2 Å². The average Bonchev–Trinajstić information content (AvgIpc) is 3.07. The van der Waals surface area contributed by atoms with Gasteiger partial charge in [0.2, 0.25) is 11.8 Å². The second kappa shape index (κ2) is 18.3. The summed E-state index contributed by atoms with van der Waals surface area (Å²) in [5.74, 6) is -5.38. The molecule has 6 N–H and O–H groups in total. The number of nitrogens with zero attached hydrogens (tertiary/aromatic N) is 3. The van der Waals surface area contributed by atoms with Gasteiger partial charge < -0.3 is 40.9 Å². The minimum absolute atomic E-state index is 0.0360. The van der Waals surface area contributed by atoms with E-state index in [0.717, 1.165) is 31.4 Å². The highest BCUT2D eigenvalue weighted by Gasteiger charge is 2.47. The second-order valence-corrected chi connectivity index (χ2v) is 13.7. The zero-order chi connectivity index (χ0) is 37.9. The second-order valence-electron chi connectivity index (χ2n) is 12.9. The highest BCUT2D eigenvalue weighted by atomic mass is 35.5. The number of benzene rings is 2. The number of likely N-dealkylation sites (N-methyl/N-ethyl adjacent to an activating group) is 1. The maximum absolute atomic E-state index is 13.0. The lowest BCUT2D eigenvalue weighted by atomic mass is 9.83. The first-order chi connectivity index (χ1) is 24.0. The van der Waals surface area contributed by atoms with E-state index in [4.69, 9.17) is 49.4 Å². The summed E-state index contributed by atoms with van der Waals surface area (Å²) in [6.07, 6.45) is 1.84. The van der Waals surface area contributed by atoms with Crippen LogP contribution in [0.5, 0.6) is 0 Å². The predicted octanol–water partition coefficient (Wildman–Crippen LogP) is 3.32. The summed E-state index contributed by atoms with van der Waals surface area (Å²) in [5.41, 5.74) is 3.93. The standard InChI is InChI=1S/C29H36Cl2N4O3.C6H8O7/c1-33(27(37)21-7-3-2-4-8-21)20-23(22-10-11-24(30)25(31)19-22)12-16-34-17-13-29(14-18-34,28(32)38)35-15-6-5-9-26(35)36;7-3(8)1-6(13,5(11)12)2-4(9)10/h2-4,7-8,10-11,19,23H,5-6,9,12-18,20H2,1H3,(H2,32,38);13H,1-2H2,(H,7,8)(H,9,10)(H,11,12)/t23-;/m1./s1. The van der Waals surface area contributed by atoms with Crippen LogP contribution in [0.2, 0.25) is 10.0 Å². The molecule has 0 radical (unpaired) electrons. The highest BCUT2D eigenvalue weighted by Crippen LogP contribution is 2.34. The van der Waals surface area contributed by atoms with Gasteiger partial charge in [0, 0.05) is 51.1 Å². The van der Waals surface area contributed by atoms with Crippen molar-refractivity contribution in [2.75, 3.05) is 39.8 Å². The molecule has 2 aromatic rings. The van der Waals surface area contributed by atoms with Crippen molar-refractivity contribution in [2.24, 2.45) is 5.73 Å². The zero-order valence-electron chi connectivity index (χ0n) is 28.3. The minimum Gasteiger partial charge on any atom is -0.481 e. The fourth-order valence-corrected chi connectivity index (χ4v) is 6.76. The molecule has 2 aromatic carbocycles. The number of likely N-dealkylation sites (tertiary alicyclic amines) is 2. The third kappa shape index (κ3) is 11.1. The van der Waals surface area contributed by atoms with Crippen LogP contribution in [-0.4, -0.2) is 122 Å². The van der Waals surface area contributed by atoms with Gasteiger partial charge in [-0.15, -0.1) is 0 Å². The lowest BCUT2D eigenvalue weighted by molar-refractivity contribution is -0.170. The van der Waals surface area contributed by atoms with Gasteiger partial charge in [0.25, 0.3) is 5.91 Å². The number of carbonyl (C=O) groups excluding carboxylic acids is 3. The number of amides is 3. The van der Waals surface area contributed by atoms with Crippen LogP contribution >= 0.6 is 23.2 Å². The molecule has 0 unspecified atom stereocenters. The van der Waals surface area contributed by atoms with Crippen molar-refractivity contribution in [3.05, 3.63) is 69.7 Å². The summed E-state index contributed by atoms with van der Waals surface area (Å²) in [5, 5.41) is 34.8. The molecule has 2 fully saturated rings. The molecule has 51 heavy (non-hydrogen) atoms. The summed E-state index contributed by atoms with van der Waals surface area (Å²) < 4.78 is 0. The maximum atomic E-state index is 13.0. The molecule has 0 aromatic heterocycles. The van der Waals surface area contributed by atoms with Gasteiger partial charge in [0.1, 0.15) is 5.54 Å². The normalized spacial score (nSPS) is 16.7. The van der Waals surface area contributed by atoms with E-state index < -0.39 is 47.8 Å². The maximum Gasteiger partial charge on any atom is 0.336 e. The molecule has 14 nitrogen and oxygen atoms in total. The van der Waals surface area contributed by atoms with Crippen LogP contribution < -0.4 is 5.73 Å². The van der Waals surface area contributed by atoms with Crippen LogP contribution in [-0.2, 0) is 24.0 Å². The topological polar surface area (TPSA) is 219 Å². The molecule has 0 saturated carbocycles. The summed E-state index contributed by atoms with van der Waals surface area (Å²) >= 11 is 12.5. The monoisotopic (exact) mass is 750 g/mol. The Morgan fingerprint density at radius 2 is 1.53 bits per heavy atom. The molecule has 1 atom stereocenters. The molecule has 2 heterocycles. The van der Waals surface area contributed by atoms with E-state index in [1.807, 2.05) is 49.5 Å². The smallest absolute Gasteiger partial charge is 0.336 e. The Morgan fingerprint density at radius 3 is 2.04 bits per heavy atom. The van der Waals surface area contributed by atoms with Gasteiger partial charge in [-0.25, -0.2) is 4.79 Å². The number of rotatable bonds is 14. The van der Waals surface area contributed by atoms with E-state index in [2.05, 4.69) is 4.90 Å². The number of carboxylic acid groups (broad SMARTS) is 3. The van der Waals surface area contributed by atoms with Crippen molar-refractivity contribution >= 4 is 58.8 Å². The Morgan fingerprint density at radius 1 is 0.922 bits per heavy atom. The Kier molecular flexibility index (Phi) is 14.8. The molecule has 0 aliphatic carbocycles. The molecule has 2 aliphatic rings. The molecule has 2 saturated heterocycles. The third-order valence-corrected chi connectivity index (χ3v) is 10.1. The molecular formula is C35H44Cl2N4O10. The van der Waals surface area contributed by atoms with Crippen LogP contribution in [0.15, 0.2) is 48.5 Å². The highest BCUT2D eigenvalue weighted by molar-refractivity contribution is 6.42. The molecule has 278 valence electrons. The first-order valence-electron chi connectivity index (χ1n) is 16.5. The van der Waals surface area contributed by atoms with Gasteiger partial charge >= 0.3 is 17.9 Å². The molecule has 0 bridgehead atoms. The zero-order valence-corrected chi connectivity index (χ0v) is 29.8. The fraction of sp³-hybridized carbons (Fsp3) is 0.486. The first kappa shape index (κ1) is 41.2. The number of piperidine rings is 2. The number of primary amides is 1. The number of hydrogen-bond donors (Lipinski definition) is 5. The van der Waals surface area contributed by atoms with Crippen molar-refractivity contribution in [1.29, 1.82) is 0 Å². The van der Waals surface area contributed by atoms with E-state index in [0.29, 0.717) is 61.1 Å². The van der Waals surface area contributed by atoms with E-state index in [9.17, 15) is 28.8 Å². The predicted molar refractivity (Wildman–Crippen MR) is 187 cm³/mol. The SMILES string of the molecule is CN(C[C@@H](CCN1CCC(C(N)=O)(N2CCCCC2=O)CC1)c1ccc(Cl)c(Cl)c1)C(=O)c1ccccc1.O=C(O)CC(O)(CC(=O)O)C(=O)O. The molecular weight excluding hydrogens is 707 g/mol. The largest absolute Gasteiger partial charge is 0.481 e. The van der Waals surface area contributed by atoms with Crippen molar-refractivity contribution in [1.82, 2.24) is 14.7 Å². The average molecular weight is 752 g/mol. The van der Waals surface area contributed by atoms with Crippen LogP contribution in [0, 0.1) is 0 Å². The van der Waals surface area contributed by atoms with Crippen LogP contribution in [0.25, 0.3) is 0 Å². The molecule has 16 heteroatoms. The number of carboxylic acids is 3. The Balaban J connectivity index is 0.000000460. The van der Waals surface area contributed by atoms with Gasteiger partial charge in [0.05, 0.1) is 22.9 Å². The Labute approximate surface area is 305 Å². The molecule has 0 spiro atoms. The number of halogens is 2. The fourth-order valence-electron chi connectivity index (χ4n) is 6.45. The molecule has 3 amide bonds. The van der Waals surface area contributed by atoms with E-state index >= 15 is 0 Å². The summed E-state index contributed by atoms with van der Waals surface area (Å²) in [6, 6.07) is 14.9. The number of hydrogen-bond acceptors (Lipinski definition) is 8. The van der Waals surface area contributed by atoms with Gasteiger partial charge in [-0.2, -0.15) is 0 Å². The quantitative estimate of drug-likeness (QED) is 0.189. The molecule has 4 rings (SSSR count). The van der Waals surface area contributed by atoms with E-state index in [-0.39, 0.29) is 17.7 Å². The van der Waals surface area contributed by atoms with Gasteiger partial charge in [0.15, 0.2) is 5.60 Å². The Bertz CT molecular complexity index is 1570. The van der Waals surface area contributed by atoms with Gasteiger partial charge in [-0.05, 0) is 68.5 Å². The van der Waals surface area contributed by atoms with Crippen LogP contribution in [0.4, 0.5) is 0 Å². The number of aliphatic carboxylic acids is 3. The Hall–Kier alpha value is -4.24. The number of nitrogens with two attached hydrogens (primary N) is 1. The van der Waals surface area contributed by atoms with Crippen LogP contribution in [0.3, 0.4) is 0 Å².